The summed E-state index contributed by atoms with van der Waals surface area (Å²) < 4.78 is 0.679. The summed E-state index contributed by atoms with van der Waals surface area (Å²) in [4.78, 5) is 7.96. The lowest BCUT2D eigenvalue weighted by molar-refractivity contribution is 0.806. The van der Waals surface area contributed by atoms with E-state index in [1.165, 1.54) is 0 Å². The normalized spacial score (nSPS) is 12.1. The topological polar surface area (TPSA) is 63.8 Å². The number of nitrogen functional groups attached to an aromatic ring is 1. The number of nitrogens with one attached hydrogen (secondary N) is 1. The Balaban J connectivity index is 2.71. The van der Waals surface area contributed by atoms with E-state index in [0.29, 0.717) is 4.60 Å². The summed E-state index contributed by atoms with van der Waals surface area (Å²) >= 11 is 3.25. The molecule has 1 unspecified atom stereocenters. The summed E-state index contributed by atoms with van der Waals surface area (Å²) in [5.74, 6) is 0.978. The predicted octanol–water partition coefficient (Wildman–Crippen LogP) is 2.20. The molecular weight excluding hydrogens is 244 g/mol. The summed E-state index contributed by atoms with van der Waals surface area (Å²) in [5, 5.41) is 3.19. The van der Waals surface area contributed by atoms with Crippen molar-refractivity contribution in [3.63, 3.8) is 0 Å². The minimum absolute atomic E-state index is 0.257. The van der Waals surface area contributed by atoms with Gasteiger partial charge in [-0.25, -0.2) is 4.98 Å². The molecule has 0 saturated carbocycles. The van der Waals surface area contributed by atoms with Crippen LogP contribution in [0.3, 0.4) is 0 Å². The average molecular weight is 257 g/mol. The minimum Gasteiger partial charge on any atom is -0.368 e. The van der Waals surface area contributed by atoms with Crippen molar-refractivity contribution in [1.29, 1.82) is 0 Å². The van der Waals surface area contributed by atoms with Gasteiger partial charge in [-0.05, 0) is 29.3 Å². The van der Waals surface area contributed by atoms with Crippen molar-refractivity contribution in [2.75, 3.05) is 11.1 Å². The fourth-order valence-corrected chi connectivity index (χ4v) is 1.47. The molecule has 1 aromatic heterocycles. The van der Waals surface area contributed by atoms with Gasteiger partial charge in [0.1, 0.15) is 10.4 Å². The van der Waals surface area contributed by atoms with Crippen LogP contribution >= 0.6 is 15.9 Å². The van der Waals surface area contributed by atoms with E-state index in [0.717, 1.165) is 12.2 Å². The molecule has 0 aliphatic carbocycles. The molecule has 0 saturated heterocycles. The molecule has 0 aliphatic rings. The van der Waals surface area contributed by atoms with Crippen LogP contribution in [0.2, 0.25) is 0 Å². The highest BCUT2D eigenvalue weighted by molar-refractivity contribution is 9.10. The number of aromatic nitrogens is 2. The molecule has 0 spiro atoms. The van der Waals surface area contributed by atoms with Gasteiger partial charge in [-0.15, -0.1) is 6.58 Å². The first-order valence-corrected chi connectivity index (χ1v) is 5.08. The maximum absolute atomic E-state index is 5.50. The first-order chi connectivity index (χ1) is 6.61. The Morgan fingerprint density at radius 2 is 2.43 bits per heavy atom. The zero-order valence-corrected chi connectivity index (χ0v) is 9.58. The van der Waals surface area contributed by atoms with E-state index in [1.807, 2.05) is 13.0 Å². The molecule has 0 aromatic carbocycles. The Morgan fingerprint density at radius 3 is 3.00 bits per heavy atom. The highest BCUT2D eigenvalue weighted by Crippen LogP contribution is 2.14. The van der Waals surface area contributed by atoms with Crippen LogP contribution in [0.5, 0.6) is 0 Å². The Hall–Kier alpha value is -1.10. The lowest BCUT2D eigenvalue weighted by atomic mass is 10.2. The second-order valence-corrected chi connectivity index (χ2v) is 3.82. The molecule has 1 atom stereocenters. The zero-order valence-electron chi connectivity index (χ0n) is 8.00. The van der Waals surface area contributed by atoms with E-state index in [4.69, 9.17) is 5.73 Å². The number of rotatable bonds is 4. The molecule has 3 N–H and O–H groups in total. The van der Waals surface area contributed by atoms with E-state index in [2.05, 4.69) is 37.8 Å². The number of hydrogen-bond acceptors (Lipinski definition) is 4. The first kappa shape index (κ1) is 11.0. The standard InChI is InChI=1S/C9H13BrN4/c1-3-4-6(2)12-8-5-7(10)13-9(11)14-8/h3,5-6H,1,4H2,2H3,(H3,11,12,13,14). The highest BCUT2D eigenvalue weighted by atomic mass is 79.9. The predicted molar refractivity (Wildman–Crippen MR) is 62.0 cm³/mol. The molecule has 0 radical (unpaired) electrons. The lowest BCUT2D eigenvalue weighted by Gasteiger charge is -2.12. The Morgan fingerprint density at radius 1 is 1.71 bits per heavy atom. The first-order valence-electron chi connectivity index (χ1n) is 4.29. The average Bonchev–Trinajstić information content (AvgIpc) is 2.01. The summed E-state index contributed by atoms with van der Waals surface area (Å²) in [7, 11) is 0. The minimum atomic E-state index is 0.257. The summed E-state index contributed by atoms with van der Waals surface area (Å²) in [6.07, 6.45) is 2.73. The van der Waals surface area contributed by atoms with Crippen LogP contribution in [0.15, 0.2) is 23.3 Å². The van der Waals surface area contributed by atoms with Gasteiger partial charge in [0, 0.05) is 12.1 Å². The maximum atomic E-state index is 5.50. The largest absolute Gasteiger partial charge is 0.368 e. The smallest absolute Gasteiger partial charge is 0.223 e. The van der Waals surface area contributed by atoms with Gasteiger partial charge in [0.25, 0.3) is 0 Å². The van der Waals surface area contributed by atoms with Crippen molar-refractivity contribution in [3.8, 4) is 0 Å². The van der Waals surface area contributed by atoms with Crippen LogP contribution in [-0.4, -0.2) is 16.0 Å². The van der Waals surface area contributed by atoms with Crippen LogP contribution < -0.4 is 11.1 Å². The molecule has 0 bridgehead atoms. The van der Waals surface area contributed by atoms with E-state index in [9.17, 15) is 0 Å². The van der Waals surface area contributed by atoms with Gasteiger partial charge >= 0.3 is 0 Å². The molecule has 1 rings (SSSR count). The molecule has 14 heavy (non-hydrogen) atoms. The van der Waals surface area contributed by atoms with Gasteiger partial charge in [-0.3, -0.25) is 0 Å². The van der Waals surface area contributed by atoms with Gasteiger partial charge < -0.3 is 11.1 Å². The summed E-state index contributed by atoms with van der Waals surface area (Å²) in [5.41, 5.74) is 5.50. The maximum Gasteiger partial charge on any atom is 0.223 e. The van der Waals surface area contributed by atoms with E-state index in [-0.39, 0.29) is 12.0 Å². The molecule has 4 nitrogen and oxygen atoms in total. The Labute approximate surface area is 91.8 Å². The molecule has 5 heteroatoms. The van der Waals surface area contributed by atoms with Crippen LogP contribution in [0.1, 0.15) is 13.3 Å². The van der Waals surface area contributed by atoms with Crippen molar-refractivity contribution in [3.05, 3.63) is 23.3 Å². The van der Waals surface area contributed by atoms with Gasteiger partial charge in [0.2, 0.25) is 5.95 Å². The molecule has 0 amide bonds. The molecule has 1 heterocycles. The van der Waals surface area contributed by atoms with Crippen LogP contribution in [0.25, 0.3) is 0 Å². The summed E-state index contributed by atoms with van der Waals surface area (Å²) in [6.45, 7) is 5.72. The molecule has 0 fully saturated rings. The van der Waals surface area contributed by atoms with E-state index >= 15 is 0 Å². The number of nitrogens with two attached hydrogens (primary N) is 1. The van der Waals surface area contributed by atoms with Crippen molar-refractivity contribution in [1.82, 2.24) is 9.97 Å². The van der Waals surface area contributed by atoms with Gasteiger partial charge in [0.05, 0.1) is 0 Å². The third-order valence-corrected chi connectivity index (χ3v) is 2.03. The number of halogens is 1. The zero-order chi connectivity index (χ0) is 10.6. The van der Waals surface area contributed by atoms with E-state index < -0.39 is 0 Å². The van der Waals surface area contributed by atoms with Crippen LogP contribution in [-0.2, 0) is 0 Å². The van der Waals surface area contributed by atoms with Crippen molar-refractivity contribution in [2.24, 2.45) is 0 Å². The van der Waals surface area contributed by atoms with Crippen molar-refractivity contribution < 1.29 is 0 Å². The van der Waals surface area contributed by atoms with Gasteiger partial charge in [0.15, 0.2) is 0 Å². The van der Waals surface area contributed by atoms with Gasteiger partial charge in [-0.1, -0.05) is 6.08 Å². The third kappa shape index (κ3) is 3.33. The quantitative estimate of drug-likeness (QED) is 0.641. The summed E-state index contributed by atoms with van der Waals surface area (Å²) in [6, 6.07) is 2.07. The Bertz CT molecular complexity index is 306. The SMILES string of the molecule is C=CCC(C)Nc1cc(Br)nc(N)n1. The number of nitrogens with zero attached hydrogens (tertiary/aromatic N) is 2. The molecular formula is C9H13BrN4. The molecule has 0 aliphatic heterocycles. The number of hydrogen-bond donors (Lipinski definition) is 2. The highest BCUT2D eigenvalue weighted by Gasteiger charge is 2.03. The Kier molecular flexibility index (Phi) is 3.88. The molecule has 1 aromatic rings. The second kappa shape index (κ2) is 4.95. The number of anilines is 2. The van der Waals surface area contributed by atoms with Crippen molar-refractivity contribution >= 4 is 27.7 Å². The van der Waals surface area contributed by atoms with Crippen LogP contribution in [0.4, 0.5) is 11.8 Å². The lowest BCUT2D eigenvalue weighted by Crippen LogP contribution is -2.15. The fourth-order valence-electron chi connectivity index (χ4n) is 1.07. The third-order valence-electron chi connectivity index (χ3n) is 1.63. The van der Waals surface area contributed by atoms with Crippen LogP contribution in [0, 0.1) is 0 Å². The van der Waals surface area contributed by atoms with Gasteiger partial charge in [-0.2, -0.15) is 4.98 Å². The monoisotopic (exact) mass is 256 g/mol. The second-order valence-electron chi connectivity index (χ2n) is 3.00. The molecule has 76 valence electrons. The van der Waals surface area contributed by atoms with E-state index in [1.54, 1.807) is 6.07 Å². The fraction of sp³-hybridized carbons (Fsp3) is 0.333. The van der Waals surface area contributed by atoms with Crippen molar-refractivity contribution in [2.45, 2.75) is 19.4 Å².